The van der Waals surface area contributed by atoms with Crippen LogP contribution in [0.2, 0.25) is 0 Å². The molecule has 1 heterocycles. The van der Waals surface area contributed by atoms with E-state index in [0.29, 0.717) is 31.6 Å². The topological polar surface area (TPSA) is 66.5 Å². The predicted octanol–water partition coefficient (Wildman–Crippen LogP) is 0.608. The van der Waals surface area contributed by atoms with E-state index in [1.807, 2.05) is 6.07 Å². The summed E-state index contributed by atoms with van der Waals surface area (Å²) in [6, 6.07) is 8.92. The van der Waals surface area contributed by atoms with Crippen LogP contribution in [-0.2, 0) is 9.59 Å². The molecular weight excluding hydrogens is 244 g/mol. The number of piperidine rings is 1. The summed E-state index contributed by atoms with van der Waals surface area (Å²) in [6.07, 6.45) is 0.408. The van der Waals surface area contributed by atoms with E-state index in [1.165, 1.54) is 0 Å². The highest BCUT2D eigenvalue weighted by Crippen LogP contribution is 2.06. The molecule has 0 saturated carbocycles. The Balaban J connectivity index is 1.76. The number of ketones is 1. The molecule has 5 nitrogen and oxygen atoms in total. The number of amides is 2. The Labute approximate surface area is 111 Å². The van der Waals surface area contributed by atoms with Gasteiger partial charge in [0.05, 0.1) is 6.42 Å². The molecule has 1 aliphatic rings. The van der Waals surface area contributed by atoms with Gasteiger partial charge in [0.1, 0.15) is 5.78 Å². The van der Waals surface area contributed by atoms with Crippen molar-refractivity contribution < 1.29 is 14.4 Å². The van der Waals surface area contributed by atoms with E-state index in [9.17, 15) is 14.4 Å². The Morgan fingerprint density at radius 1 is 1.21 bits per heavy atom. The quantitative estimate of drug-likeness (QED) is 0.806. The largest absolute Gasteiger partial charge is 0.350 e. The molecule has 1 aromatic rings. The van der Waals surface area contributed by atoms with Gasteiger partial charge < -0.3 is 10.2 Å². The fourth-order valence-corrected chi connectivity index (χ4v) is 1.99. The van der Waals surface area contributed by atoms with Crippen molar-refractivity contribution in [1.29, 1.82) is 0 Å². The van der Waals surface area contributed by atoms with Crippen LogP contribution in [0, 0.1) is 0 Å². The van der Waals surface area contributed by atoms with Gasteiger partial charge in [-0.25, -0.2) is 0 Å². The van der Waals surface area contributed by atoms with Crippen molar-refractivity contribution >= 4 is 17.6 Å². The summed E-state index contributed by atoms with van der Waals surface area (Å²) in [6.45, 7) is 1.30. The molecule has 2 amide bonds. The van der Waals surface area contributed by atoms with Crippen molar-refractivity contribution in [3.8, 4) is 0 Å². The molecule has 0 aliphatic carbocycles. The molecule has 0 bridgehead atoms. The predicted molar refractivity (Wildman–Crippen MR) is 69.6 cm³/mol. The molecule has 2 rings (SSSR count). The average molecular weight is 260 g/mol. The van der Waals surface area contributed by atoms with E-state index in [0.717, 1.165) is 0 Å². The molecular formula is C14H16N2O3. The molecule has 100 valence electrons. The lowest BCUT2D eigenvalue weighted by Crippen LogP contribution is -2.43. The van der Waals surface area contributed by atoms with Gasteiger partial charge in [0.2, 0.25) is 5.91 Å². The average Bonchev–Trinajstić information content (AvgIpc) is 2.42. The lowest BCUT2D eigenvalue weighted by molar-refractivity contribution is -0.139. The van der Waals surface area contributed by atoms with Crippen molar-refractivity contribution in [2.45, 2.75) is 12.8 Å². The number of hydrogen-bond donors (Lipinski definition) is 1. The first-order valence-corrected chi connectivity index (χ1v) is 6.29. The maximum atomic E-state index is 11.8. The molecule has 1 N–H and O–H groups in total. The fourth-order valence-electron chi connectivity index (χ4n) is 1.99. The molecule has 0 radical (unpaired) electrons. The molecule has 0 aromatic heterocycles. The first-order chi connectivity index (χ1) is 9.16. The minimum absolute atomic E-state index is 0.00503. The van der Waals surface area contributed by atoms with Crippen LogP contribution in [0.1, 0.15) is 23.2 Å². The minimum atomic E-state index is -0.152. The third kappa shape index (κ3) is 3.64. The summed E-state index contributed by atoms with van der Waals surface area (Å²) in [4.78, 5) is 36.0. The maximum Gasteiger partial charge on any atom is 0.251 e. The van der Waals surface area contributed by atoms with E-state index in [2.05, 4.69) is 5.32 Å². The van der Waals surface area contributed by atoms with Gasteiger partial charge in [0, 0.05) is 31.6 Å². The van der Waals surface area contributed by atoms with E-state index < -0.39 is 0 Å². The van der Waals surface area contributed by atoms with Crippen LogP contribution >= 0.6 is 0 Å². The van der Waals surface area contributed by atoms with Crippen molar-refractivity contribution in [3.05, 3.63) is 35.9 Å². The van der Waals surface area contributed by atoms with Crippen molar-refractivity contribution in [3.63, 3.8) is 0 Å². The van der Waals surface area contributed by atoms with Gasteiger partial charge in [0.25, 0.3) is 5.91 Å². The second-order valence-electron chi connectivity index (χ2n) is 4.47. The van der Waals surface area contributed by atoms with Gasteiger partial charge in [-0.15, -0.1) is 0 Å². The van der Waals surface area contributed by atoms with Crippen molar-refractivity contribution in [2.75, 3.05) is 19.6 Å². The van der Waals surface area contributed by atoms with Gasteiger partial charge in [-0.3, -0.25) is 14.4 Å². The standard InChI is InChI=1S/C14H16N2O3/c17-12-6-8-16(13(18)10-12)9-7-15-14(19)11-4-2-1-3-5-11/h1-5H,6-10H2,(H,15,19). The van der Waals surface area contributed by atoms with Crippen molar-refractivity contribution in [2.24, 2.45) is 0 Å². The summed E-state index contributed by atoms with van der Waals surface area (Å²) in [5.41, 5.74) is 0.600. The molecule has 1 aliphatic heterocycles. The first kappa shape index (κ1) is 13.3. The Morgan fingerprint density at radius 3 is 2.63 bits per heavy atom. The number of carbonyl (C=O) groups is 3. The monoisotopic (exact) mass is 260 g/mol. The van der Waals surface area contributed by atoms with Gasteiger partial charge in [-0.2, -0.15) is 0 Å². The third-order valence-corrected chi connectivity index (χ3v) is 3.06. The van der Waals surface area contributed by atoms with Crippen LogP contribution in [0.3, 0.4) is 0 Å². The van der Waals surface area contributed by atoms with E-state index in [4.69, 9.17) is 0 Å². The zero-order chi connectivity index (χ0) is 13.7. The summed E-state index contributed by atoms with van der Waals surface area (Å²) in [7, 11) is 0. The van der Waals surface area contributed by atoms with Crippen molar-refractivity contribution in [1.82, 2.24) is 10.2 Å². The van der Waals surface area contributed by atoms with E-state index >= 15 is 0 Å². The fraction of sp³-hybridized carbons (Fsp3) is 0.357. The highest BCUT2D eigenvalue weighted by molar-refractivity contribution is 6.00. The number of nitrogens with one attached hydrogen (secondary N) is 1. The number of carbonyl (C=O) groups excluding carboxylic acids is 3. The normalized spacial score (nSPS) is 15.5. The molecule has 5 heteroatoms. The number of Topliss-reactive ketones (excluding diaryl/α,β-unsaturated/α-hetero) is 1. The van der Waals surface area contributed by atoms with Crippen LogP contribution in [0.15, 0.2) is 30.3 Å². The maximum absolute atomic E-state index is 11.8. The zero-order valence-corrected chi connectivity index (χ0v) is 10.6. The number of benzene rings is 1. The number of likely N-dealkylation sites (tertiary alicyclic amines) is 1. The Morgan fingerprint density at radius 2 is 1.95 bits per heavy atom. The Bertz CT molecular complexity index is 485. The SMILES string of the molecule is O=C1CCN(CCNC(=O)c2ccccc2)C(=O)C1. The van der Waals surface area contributed by atoms with Crippen LogP contribution in [0.4, 0.5) is 0 Å². The second-order valence-corrected chi connectivity index (χ2v) is 4.47. The smallest absolute Gasteiger partial charge is 0.251 e. The van der Waals surface area contributed by atoms with Gasteiger partial charge >= 0.3 is 0 Å². The number of nitrogens with zero attached hydrogens (tertiary/aromatic N) is 1. The van der Waals surface area contributed by atoms with Gasteiger partial charge in [-0.1, -0.05) is 18.2 Å². The summed E-state index contributed by atoms with van der Waals surface area (Å²) >= 11 is 0. The zero-order valence-electron chi connectivity index (χ0n) is 10.6. The second kappa shape index (κ2) is 6.13. The highest BCUT2D eigenvalue weighted by atomic mass is 16.2. The van der Waals surface area contributed by atoms with Gasteiger partial charge in [0.15, 0.2) is 0 Å². The molecule has 0 atom stereocenters. The minimum Gasteiger partial charge on any atom is -0.350 e. The number of hydrogen-bond acceptors (Lipinski definition) is 3. The molecule has 1 fully saturated rings. The van der Waals surface area contributed by atoms with E-state index in [-0.39, 0.29) is 24.0 Å². The number of rotatable bonds is 4. The van der Waals surface area contributed by atoms with Crippen LogP contribution in [-0.4, -0.2) is 42.1 Å². The molecule has 0 unspecified atom stereocenters. The summed E-state index contributed by atoms with van der Waals surface area (Å²) < 4.78 is 0. The van der Waals surface area contributed by atoms with E-state index in [1.54, 1.807) is 29.2 Å². The molecule has 1 saturated heterocycles. The van der Waals surface area contributed by atoms with Gasteiger partial charge in [-0.05, 0) is 12.1 Å². The van der Waals surface area contributed by atoms with Crippen LogP contribution < -0.4 is 5.32 Å². The summed E-state index contributed by atoms with van der Waals surface area (Å²) in [5, 5.41) is 2.76. The lowest BCUT2D eigenvalue weighted by Gasteiger charge is -2.26. The van der Waals surface area contributed by atoms with Crippen LogP contribution in [0.25, 0.3) is 0 Å². The highest BCUT2D eigenvalue weighted by Gasteiger charge is 2.23. The first-order valence-electron chi connectivity index (χ1n) is 6.29. The third-order valence-electron chi connectivity index (χ3n) is 3.06. The molecule has 19 heavy (non-hydrogen) atoms. The van der Waals surface area contributed by atoms with Crippen LogP contribution in [0.5, 0.6) is 0 Å². The summed E-state index contributed by atoms with van der Waals surface area (Å²) in [5.74, 6) is -0.305. The Hall–Kier alpha value is -2.17. The Kier molecular flexibility index (Phi) is 4.28. The molecule has 0 spiro atoms. The molecule has 1 aromatic carbocycles. The lowest BCUT2D eigenvalue weighted by atomic mass is 10.1.